The van der Waals surface area contributed by atoms with Crippen LogP contribution >= 0.6 is 0 Å². The van der Waals surface area contributed by atoms with Crippen LogP contribution in [-0.4, -0.2) is 50.1 Å². The molecule has 0 heterocycles. The average Bonchev–Trinajstić information content (AvgIpc) is 2.75. The Morgan fingerprint density at radius 1 is 0.643 bits per heavy atom. The van der Waals surface area contributed by atoms with Gasteiger partial charge in [0, 0.05) is 11.1 Å². The molecule has 0 aliphatic heterocycles. The van der Waals surface area contributed by atoms with Gasteiger partial charge < -0.3 is 20.1 Å². The largest absolute Gasteiger partial charge is 0.467 e. The molecular formula is C20H20N2O6. The van der Waals surface area contributed by atoms with Crippen LogP contribution < -0.4 is 10.6 Å². The number of carbonyl (C=O) groups excluding carboxylic acids is 4. The van der Waals surface area contributed by atoms with E-state index >= 15 is 0 Å². The van der Waals surface area contributed by atoms with Crippen molar-refractivity contribution in [2.75, 3.05) is 14.2 Å². The lowest BCUT2D eigenvalue weighted by Crippen LogP contribution is -2.59. The third-order valence-corrected chi connectivity index (χ3v) is 3.89. The number of ether oxygens (including phenoxy) is 2. The third-order valence-electron chi connectivity index (χ3n) is 3.89. The molecule has 2 atom stereocenters. The van der Waals surface area contributed by atoms with Gasteiger partial charge in [0.2, 0.25) is 0 Å². The smallest absolute Gasteiger partial charge is 0.331 e. The van der Waals surface area contributed by atoms with Crippen LogP contribution in [0, 0.1) is 0 Å². The Hall–Kier alpha value is -3.68. The summed E-state index contributed by atoms with van der Waals surface area (Å²) in [5, 5.41) is 4.85. The summed E-state index contributed by atoms with van der Waals surface area (Å²) in [6.07, 6.45) is 0. The molecule has 0 saturated heterocycles. The van der Waals surface area contributed by atoms with Crippen molar-refractivity contribution in [3.05, 3.63) is 71.8 Å². The minimum Gasteiger partial charge on any atom is -0.467 e. The highest BCUT2D eigenvalue weighted by Crippen LogP contribution is 2.07. The lowest BCUT2D eigenvalue weighted by atomic mass is 10.1. The predicted octanol–water partition coefficient (Wildman–Crippen LogP) is 0.930. The molecule has 0 aromatic heterocycles. The van der Waals surface area contributed by atoms with Crippen LogP contribution in [0.1, 0.15) is 20.7 Å². The van der Waals surface area contributed by atoms with Crippen LogP contribution in [0.5, 0.6) is 0 Å². The molecule has 2 aromatic carbocycles. The van der Waals surface area contributed by atoms with E-state index in [0.29, 0.717) is 0 Å². The van der Waals surface area contributed by atoms with E-state index in [2.05, 4.69) is 10.6 Å². The number of methoxy groups -OCH3 is 2. The Balaban J connectivity index is 2.29. The normalized spacial score (nSPS) is 12.2. The first kappa shape index (κ1) is 20.6. The van der Waals surface area contributed by atoms with Gasteiger partial charge in [-0.2, -0.15) is 0 Å². The summed E-state index contributed by atoms with van der Waals surface area (Å²) in [7, 11) is 2.22. The molecular weight excluding hydrogens is 364 g/mol. The fourth-order valence-electron chi connectivity index (χ4n) is 2.44. The van der Waals surface area contributed by atoms with Gasteiger partial charge >= 0.3 is 11.9 Å². The van der Waals surface area contributed by atoms with Gasteiger partial charge in [-0.25, -0.2) is 9.59 Å². The average molecular weight is 384 g/mol. The fraction of sp³-hybridized carbons (Fsp3) is 0.200. The Labute approximate surface area is 161 Å². The van der Waals surface area contributed by atoms with Crippen LogP contribution in [-0.2, 0) is 19.1 Å². The van der Waals surface area contributed by atoms with E-state index in [-0.39, 0.29) is 11.1 Å². The first-order valence-corrected chi connectivity index (χ1v) is 8.35. The van der Waals surface area contributed by atoms with Crippen molar-refractivity contribution in [1.29, 1.82) is 0 Å². The van der Waals surface area contributed by atoms with E-state index < -0.39 is 35.8 Å². The maximum absolute atomic E-state index is 12.5. The van der Waals surface area contributed by atoms with Gasteiger partial charge in [-0.3, -0.25) is 9.59 Å². The van der Waals surface area contributed by atoms with Crippen molar-refractivity contribution < 1.29 is 28.7 Å². The molecule has 8 heteroatoms. The summed E-state index contributed by atoms with van der Waals surface area (Å²) >= 11 is 0. The second kappa shape index (κ2) is 9.86. The second-order valence-electron chi connectivity index (χ2n) is 5.68. The van der Waals surface area contributed by atoms with E-state index in [1.807, 2.05) is 0 Å². The molecule has 0 radical (unpaired) electrons. The van der Waals surface area contributed by atoms with E-state index in [9.17, 15) is 19.2 Å². The van der Waals surface area contributed by atoms with Gasteiger partial charge in [0.25, 0.3) is 11.8 Å². The van der Waals surface area contributed by atoms with Crippen molar-refractivity contribution in [2.45, 2.75) is 12.1 Å². The first-order valence-electron chi connectivity index (χ1n) is 8.35. The van der Waals surface area contributed by atoms with Crippen LogP contribution in [0.3, 0.4) is 0 Å². The van der Waals surface area contributed by atoms with Gasteiger partial charge in [-0.1, -0.05) is 36.4 Å². The Morgan fingerprint density at radius 3 is 1.25 bits per heavy atom. The number of amides is 2. The Bertz CT molecular complexity index is 767. The zero-order valence-corrected chi connectivity index (χ0v) is 15.4. The highest BCUT2D eigenvalue weighted by atomic mass is 16.5. The highest BCUT2D eigenvalue weighted by molar-refractivity contribution is 6.01. The lowest BCUT2D eigenvalue weighted by molar-refractivity contribution is -0.151. The first-order chi connectivity index (χ1) is 13.5. The highest BCUT2D eigenvalue weighted by Gasteiger charge is 2.38. The quantitative estimate of drug-likeness (QED) is 0.687. The number of hydrogen-bond donors (Lipinski definition) is 2. The second-order valence-corrected chi connectivity index (χ2v) is 5.68. The molecule has 2 aromatic rings. The summed E-state index contributed by atoms with van der Waals surface area (Å²) in [5.74, 6) is -3.04. The topological polar surface area (TPSA) is 111 Å². The number of rotatable bonds is 7. The van der Waals surface area contributed by atoms with Gasteiger partial charge in [-0.15, -0.1) is 0 Å². The molecule has 0 fully saturated rings. The van der Waals surface area contributed by atoms with E-state index in [1.165, 1.54) is 0 Å². The van der Waals surface area contributed by atoms with E-state index in [1.54, 1.807) is 60.7 Å². The summed E-state index contributed by atoms with van der Waals surface area (Å²) in [6, 6.07) is 13.2. The van der Waals surface area contributed by atoms with Gasteiger partial charge in [-0.05, 0) is 24.3 Å². The lowest BCUT2D eigenvalue weighted by Gasteiger charge is -2.25. The number of esters is 2. The SMILES string of the molecule is COC(=O)C(NC(=O)c1ccccc1)C(NC(=O)c1ccccc1)C(=O)OC. The zero-order valence-electron chi connectivity index (χ0n) is 15.4. The molecule has 2 unspecified atom stereocenters. The molecule has 0 spiro atoms. The number of nitrogens with one attached hydrogen (secondary N) is 2. The molecule has 0 aliphatic rings. The van der Waals surface area contributed by atoms with Crippen LogP contribution in [0.15, 0.2) is 60.7 Å². The molecule has 28 heavy (non-hydrogen) atoms. The molecule has 2 amide bonds. The molecule has 0 saturated carbocycles. The number of hydrogen-bond acceptors (Lipinski definition) is 6. The number of carbonyl (C=O) groups is 4. The van der Waals surface area contributed by atoms with Crippen molar-refractivity contribution in [3.8, 4) is 0 Å². The summed E-state index contributed by atoms with van der Waals surface area (Å²) < 4.78 is 9.40. The molecule has 0 aliphatic carbocycles. The molecule has 146 valence electrons. The van der Waals surface area contributed by atoms with Crippen LogP contribution in [0.2, 0.25) is 0 Å². The minimum absolute atomic E-state index is 0.273. The van der Waals surface area contributed by atoms with Crippen molar-refractivity contribution in [2.24, 2.45) is 0 Å². The predicted molar refractivity (Wildman–Crippen MR) is 99.4 cm³/mol. The maximum atomic E-state index is 12.5. The standard InChI is InChI=1S/C20H20N2O6/c1-27-19(25)15(21-17(23)13-9-5-3-6-10-13)16(20(26)28-2)22-18(24)14-11-7-4-8-12-14/h3-12,15-16H,1-2H3,(H,21,23)(H,22,24). The van der Waals surface area contributed by atoms with E-state index in [0.717, 1.165) is 14.2 Å². The fourth-order valence-corrected chi connectivity index (χ4v) is 2.44. The van der Waals surface area contributed by atoms with Crippen LogP contribution in [0.25, 0.3) is 0 Å². The summed E-state index contributed by atoms with van der Waals surface area (Å²) in [4.78, 5) is 49.5. The van der Waals surface area contributed by atoms with E-state index in [4.69, 9.17) is 9.47 Å². The Morgan fingerprint density at radius 2 is 0.964 bits per heavy atom. The summed E-state index contributed by atoms with van der Waals surface area (Å²) in [6.45, 7) is 0. The van der Waals surface area contributed by atoms with Gasteiger partial charge in [0.1, 0.15) is 0 Å². The molecule has 2 N–H and O–H groups in total. The monoisotopic (exact) mass is 384 g/mol. The molecule has 0 bridgehead atoms. The van der Waals surface area contributed by atoms with Crippen molar-refractivity contribution in [1.82, 2.24) is 10.6 Å². The summed E-state index contributed by atoms with van der Waals surface area (Å²) in [5.41, 5.74) is 0.545. The van der Waals surface area contributed by atoms with Crippen molar-refractivity contribution in [3.63, 3.8) is 0 Å². The molecule has 8 nitrogen and oxygen atoms in total. The minimum atomic E-state index is -1.49. The molecule has 2 rings (SSSR count). The maximum Gasteiger partial charge on any atom is 0.331 e. The van der Waals surface area contributed by atoms with Gasteiger partial charge in [0.05, 0.1) is 14.2 Å². The van der Waals surface area contributed by atoms with Gasteiger partial charge in [0.15, 0.2) is 12.1 Å². The van der Waals surface area contributed by atoms with Crippen molar-refractivity contribution >= 4 is 23.8 Å². The Kier molecular flexibility index (Phi) is 7.27. The number of benzene rings is 2. The zero-order chi connectivity index (χ0) is 20.5. The van der Waals surface area contributed by atoms with Crippen LogP contribution in [0.4, 0.5) is 0 Å². The third kappa shape index (κ3) is 5.16.